The molecule has 2 aromatic rings. The summed E-state index contributed by atoms with van der Waals surface area (Å²) in [6, 6.07) is 10.5. The van der Waals surface area contributed by atoms with Gasteiger partial charge in [0, 0.05) is 5.41 Å². The highest BCUT2D eigenvalue weighted by molar-refractivity contribution is 7.12. The van der Waals surface area contributed by atoms with Gasteiger partial charge in [-0.1, -0.05) is 44.2 Å². The second-order valence-corrected chi connectivity index (χ2v) is 8.41. The molecule has 3 rings (SSSR count). The highest BCUT2D eigenvalue weighted by atomic mass is 32.1. The van der Waals surface area contributed by atoms with Crippen molar-refractivity contribution in [2.75, 3.05) is 0 Å². The van der Waals surface area contributed by atoms with Crippen LogP contribution in [-0.4, -0.2) is 10.1 Å². The Morgan fingerprint density at radius 1 is 1.24 bits per heavy atom. The van der Waals surface area contributed by atoms with Gasteiger partial charge in [-0.25, -0.2) is 4.98 Å². The molecule has 1 unspecified atom stereocenters. The lowest BCUT2D eigenvalue weighted by Crippen LogP contribution is -2.25. The number of fused-ring (bicyclic) bond motifs is 1. The molecule has 1 N–H and O–H groups in total. The van der Waals surface area contributed by atoms with Crippen molar-refractivity contribution in [3.8, 4) is 0 Å². The lowest BCUT2D eigenvalue weighted by atomic mass is 9.77. The van der Waals surface area contributed by atoms with Gasteiger partial charge < -0.3 is 5.11 Å². The Hall–Kier alpha value is -1.19. The van der Waals surface area contributed by atoms with Crippen molar-refractivity contribution in [3.05, 3.63) is 51.5 Å². The topological polar surface area (TPSA) is 33.1 Å². The third-order valence-corrected chi connectivity index (χ3v) is 5.97. The fourth-order valence-electron chi connectivity index (χ4n) is 3.14. The normalized spacial score (nSPS) is 21.1. The van der Waals surface area contributed by atoms with Gasteiger partial charge in [-0.2, -0.15) is 0 Å². The molecule has 1 aliphatic carbocycles. The number of rotatable bonds is 2. The van der Waals surface area contributed by atoms with Crippen LogP contribution < -0.4 is 0 Å². The quantitative estimate of drug-likeness (QED) is 0.887. The number of benzene rings is 1. The predicted molar refractivity (Wildman–Crippen MR) is 87.7 cm³/mol. The first-order valence-electron chi connectivity index (χ1n) is 7.53. The van der Waals surface area contributed by atoms with Gasteiger partial charge in [-0.3, -0.25) is 0 Å². The second kappa shape index (κ2) is 4.92. The Labute approximate surface area is 130 Å². The molecule has 21 heavy (non-hydrogen) atoms. The second-order valence-electron chi connectivity index (χ2n) is 7.38. The number of hydrogen-bond acceptors (Lipinski definition) is 3. The van der Waals surface area contributed by atoms with Crippen molar-refractivity contribution in [1.29, 1.82) is 0 Å². The third-order valence-electron chi connectivity index (χ3n) is 4.45. The van der Waals surface area contributed by atoms with Crippen molar-refractivity contribution in [1.82, 2.24) is 4.98 Å². The fraction of sp³-hybridized carbons (Fsp3) is 0.500. The Balaban J connectivity index is 2.02. The summed E-state index contributed by atoms with van der Waals surface area (Å²) in [5, 5.41) is 11.5. The molecule has 0 saturated carbocycles. The highest BCUT2D eigenvalue weighted by Gasteiger charge is 2.36. The van der Waals surface area contributed by atoms with Crippen LogP contribution >= 0.6 is 11.3 Å². The Bertz CT molecular complexity index is 642. The molecule has 0 amide bonds. The summed E-state index contributed by atoms with van der Waals surface area (Å²) >= 11 is 1.68. The molecule has 2 nitrogen and oxygen atoms in total. The third kappa shape index (κ3) is 2.65. The van der Waals surface area contributed by atoms with Crippen LogP contribution in [0.5, 0.6) is 0 Å². The maximum absolute atomic E-state index is 10.4. The SMILES string of the molecule is CC1(C)Cc2nc(C(C)(C)c3ccccc3)sc2C(O)C1. The average Bonchev–Trinajstić information content (AvgIpc) is 2.83. The van der Waals surface area contributed by atoms with E-state index in [1.54, 1.807) is 11.3 Å². The Morgan fingerprint density at radius 3 is 2.57 bits per heavy atom. The van der Waals surface area contributed by atoms with Crippen LogP contribution in [0.1, 0.15) is 61.4 Å². The molecule has 112 valence electrons. The number of aliphatic hydroxyl groups is 1. The molecule has 1 aliphatic rings. The molecule has 1 aromatic heterocycles. The van der Waals surface area contributed by atoms with E-state index in [1.165, 1.54) is 5.56 Å². The molecule has 1 aromatic carbocycles. The molecular formula is C18H23NOS. The molecule has 0 fully saturated rings. The van der Waals surface area contributed by atoms with Crippen molar-refractivity contribution in [2.24, 2.45) is 5.41 Å². The first-order valence-corrected chi connectivity index (χ1v) is 8.35. The summed E-state index contributed by atoms with van der Waals surface area (Å²) in [6.07, 6.45) is 1.43. The number of hydrogen-bond donors (Lipinski definition) is 1. The summed E-state index contributed by atoms with van der Waals surface area (Å²) in [7, 11) is 0. The lowest BCUT2D eigenvalue weighted by Gasteiger charge is -2.31. The minimum atomic E-state index is -0.360. The van der Waals surface area contributed by atoms with E-state index in [4.69, 9.17) is 4.98 Å². The maximum atomic E-state index is 10.4. The number of aliphatic hydroxyl groups excluding tert-OH is 1. The Kier molecular flexibility index (Phi) is 3.45. The van der Waals surface area contributed by atoms with E-state index < -0.39 is 0 Å². The van der Waals surface area contributed by atoms with E-state index in [-0.39, 0.29) is 16.9 Å². The molecule has 0 radical (unpaired) electrons. The number of thiazole rings is 1. The number of nitrogens with zero attached hydrogens (tertiary/aromatic N) is 1. The van der Waals surface area contributed by atoms with Crippen molar-refractivity contribution < 1.29 is 5.11 Å². The van der Waals surface area contributed by atoms with Crippen LogP contribution in [0, 0.1) is 5.41 Å². The molecule has 0 bridgehead atoms. The first kappa shape index (κ1) is 14.7. The smallest absolute Gasteiger partial charge is 0.103 e. The van der Waals surface area contributed by atoms with Crippen LogP contribution in [0.25, 0.3) is 0 Å². The summed E-state index contributed by atoms with van der Waals surface area (Å²) < 4.78 is 0. The Morgan fingerprint density at radius 2 is 1.90 bits per heavy atom. The van der Waals surface area contributed by atoms with Crippen LogP contribution in [0.3, 0.4) is 0 Å². The monoisotopic (exact) mass is 301 g/mol. The summed E-state index contributed by atoms with van der Waals surface area (Å²) in [4.78, 5) is 5.98. The van der Waals surface area contributed by atoms with Crippen LogP contribution in [0.4, 0.5) is 0 Å². The minimum Gasteiger partial charge on any atom is -0.387 e. The van der Waals surface area contributed by atoms with Gasteiger partial charge in [0.15, 0.2) is 0 Å². The summed E-state index contributed by atoms with van der Waals surface area (Å²) in [5.41, 5.74) is 2.38. The van der Waals surface area contributed by atoms with Gasteiger partial charge in [-0.05, 0) is 37.7 Å². The van der Waals surface area contributed by atoms with Gasteiger partial charge >= 0.3 is 0 Å². The van der Waals surface area contributed by atoms with E-state index in [1.807, 2.05) is 6.07 Å². The van der Waals surface area contributed by atoms with Crippen LogP contribution in [0.15, 0.2) is 30.3 Å². The largest absolute Gasteiger partial charge is 0.387 e. The zero-order valence-electron chi connectivity index (χ0n) is 13.2. The maximum Gasteiger partial charge on any atom is 0.103 e. The van der Waals surface area contributed by atoms with E-state index in [0.29, 0.717) is 0 Å². The van der Waals surface area contributed by atoms with Gasteiger partial charge in [-0.15, -0.1) is 11.3 Å². The minimum absolute atomic E-state index is 0.118. The van der Waals surface area contributed by atoms with E-state index in [2.05, 4.69) is 52.0 Å². The van der Waals surface area contributed by atoms with E-state index >= 15 is 0 Å². The molecule has 0 aliphatic heterocycles. The summed E-state index contributed by atoms with van der Waals surface area (Å²) in [5.74, 6) is 0. The van der Waals surface area contributed by atoms with Gasteiger partial charge in [0.05, 0.1) is 16.7 Å². The summed E-state index contributed by atoms with van der Waals surface area (Å²) in [6.45, 7) is 8.84. The van der Waals surface area contributed by atoms with Gasteiger partial charge in [0.1, 0.15) is 5.01 Å². The van der Waals surface area contributed by atoms with Gasteiger partial charge in [0.25, 0.3) is 0 Å². The predicted octanol–water partition coefficient (Wildman–Crippen LogP) is 4.47. The standard InChI is InChI=1S/C18H23NOS/c1-17(2)10-13-15(14(20)11-17)21-16(19-13)18(3,4)12-8-6-5-7-9-12/h5-9,14,20H,10-11H2,1-4H3. The molecule has 0 saturated heterocycles. The molecule has 1 heterocycles. The van der Waals surface area contributed by atoms with Crippen molar-refractivity contribution in [2.45, 2.75) is 52.1 Å². The zero-order valence-corrected chi connectivity index (χ0v) is 14.0. The van der Waals surface area contributed by atoms with E-state index in [9.17, 15) is 5.11 Å². The molecule has 0 spiro atoms. The van der Waals surface area contributed by atoms with E-state index in [0.717, 1.165) is 28.4 Å². The average molecular weight is 301 g/mol. The van der Waals surface area contributed by atoms with Crippen LogP contribution in [0.2, 0.25) is 0 Å². The van der Waals surface area contributed by atoms with Gasteiger partial charge in [0.2, 0.25) is 0 Å². The lowest BCUT2D eigenvalue weighted by molar-refractivity contribution is 0.102. The zero-order chi connectivity index (χ0) is 15.3. The molecular weight excluding hydrogens is 278 g/mol. The molecule has 3 heteroatoms. The fourth-order valence-corrected chi connectivity index (χ4v) is 4.33. The number of aromatic nitrogens is 1. The van der Waals surface area contributed by atoms with Crippen molar-refractivity contribution in [3.63, 3.8) is 0 Å². The highest BCUT2D eigenvalue weighted by Crippen LogP contribution is 2.45. The molecule has 1 atom stereocenters. The first-order chi connectivity index (χ1) is 9.79. The van der Waals surface area contributed by atoms with Crippen LogP contribution in [-0.2, 0) is 11.8 Å². The van der Waals surface area contributed by atoms with Crippen molar-refractivity contribution >= 4 is 11.3 Å².